The minimum atomic E-state index is 0.654. The Morgan fingerprint density at radius 3 is 2.78 bits per heavy atom. The Hall–Kier alpha value is -2.32. The topological polar surface area (TPSA) is 12.5 Å². The first-order valence-electron chi connectivity index (χ1n) is 8.19. The molecule has 0 unspecified atom stereocenters. The number of nitrogens with zero attached hydrogens (tertiary/aromatic N) is 1. The first-order chi connectivity index (χ1) is 11.3. The lowest BCUT2D eigenvalue weighted by molar-refractivity contribution is 0.278. The van der Waals surface area contributed by atoms with E-state index in [4.69, 9.17) is 4.74 Å². The zero-order chi connectivity index (χ0) is 15.6. The Bertz CT molecular complexity index is 775. The summed E-state index contributed by atoms with van der Waals surface area (Å²) in [5.74, 6) is 0.985. The highest BCUT2D eigenvalue weighted by Gasteiger charge is 2.18. The van der Waals surface area contributed by atoms with Gasteiger partial charge in [0.25, 0.3) is 0 Å². The van der Waals surface area contributed by atoms with Crippen LogP contribution in [0.1, 0.15) is 16.7 Å². The lowest BCUT2D eigenvalue weighted by Gasteiger charge is -2.28. The lowest BCUT2D eigenvalue weighted by Crippen LogP contribution is -2.31. The zero-order valence-electron chi connectivity index (χ0n) is 13.3. The Morgan fingerprint density at radius 1 is 1.09 bits per heavy atom. The van der Waals surface area contributed by atoms with Crippen LogP contribution in [0.5, 0.6) is 5.75 Å². The van der Waals surface area contributed by atoms with Crippen molar-refractivity contribution in [2.75, 3.05) is 19.7 Å². The summed E-state index contributed by atoms with van der Waals surface area (Å²) in [5.41, 5.74) is 6.54. The average Bonchev–Trinajstić information content (AvgIpc) is 2.98. The molecule has 2 heterocycles. The SMILES string of the molecule is C=C(/C=C1/COc2ccccc21)CN1CCc2ccccc2C1. The monoisotopic (exact) mass is 303 g/mol. The van der Waals surface area contributed by atoms with Gasteiger partial charge in [0.05, 0.1) is 0 Å². The van der Waals surface area contributed by atoms with Gasteiger partial charge in [0.2, 0.25) is 0 Å². The number of para-hydroxylation sites is 1. The van der Waals surface area contributed by atoms with Gasteiger partial charge < -0.3 is 4.74 Å². The van der Waals surface area contributed by atoms with E-state index in [9.17, 15) is 0 Å². The Kier molecular flexibility index (Phi) is 3.76. The van der Waals surface area contributed by atoms with Crippen LogP contribution in [0.25, 0.3) is 5.57 Å². The molecule has 0 saturated heterocycles. The van der Waals surface area contributed by atoms with Crippen molar-refractivity contribution in [2.24, 2.45) is 0 Å². The average molecular weight is 303 g/mol. The summed E-state index contributed by atoms with van der Waals surface area (Å²) >= 11 is 0. The maximum absolute atomic E-state index is 5.73. The van der Waals surface area contributed by atoms with E-state index in [-0.39, 0.29) is 0 Å². The van der Waals surface area contributed by atoms with E-state index >= 15 is 0 Å². The largest absolute Gasteiger partial charge is 0.488 e. The van der Waals surface area contributed by atoms with Gasteiger partial charge in [0.15, 0.2) is 0 Å². The molecule has 0 spiro atoms. The number of hydrogen-bond donors (Lipinski definition) is 0. The summed E-state index contributed by atoms with van der Waals surface area (Å²) in [7, 11) is 0. The Balaban J connectivity index is 1.45. The van der Waals surface area contributed by atoms with E-state index in [1.54, 1.807) is 0 Å². The van der Waals surface area contributed by atoms with Crippen molar-refractivity contribution in [3.8, 4) is 5.75 Å². The van der Waals surface area contributed by atoms with Crippen molar-refractivity contribution in [2.45, 2.75) is 13.0 Å². The molecule has 0 fully saturated rings. The summed E-state index contributed by atoms with van der Waals surface area (Å²) < 4.78 is 5.73. The van der Waals surface area contributed by atoms with E-state index in [1.807, 2.05) is 12.1 Å². The summed E-state index contributed by atoms with van der Waals surface area (Å²) in [6.07, 6.45) is 3.33. The number of fused-ring (bicyclic) bond motifs is 2. The molecular formula is C21H21NO. The summed E-state index contributed by atoms with van der Waals surface area (Å²) in [5, 5.41) is 0. The highest BCUT2D eigenvalue weighted by Crippen LogP contribution is 2.33. The summed E-state index contributed by atoms with van der Waals surface area (Å²) in [6.45, 7) is 7.96. The van der Waals surface area contributed by atoms with Gasteiger partial charge in [-0.05, 0) is 29.2 Å². The van der Waals surface area contributed by atoms with Crippen LogP contribution in [-0.4, -0.2) is 24.6 Å². The number of rotatable bonds is 3. The van der Waals surface area contributed by atoms with Crippen molar-refractivity contribution < 1.29 is 4.74 Å². The van der Waals surface area contributed by atoms with Crippen molar-refractivity contribution in [3.05, 3.63) is 83.4 Å². The smallest absolute Gasteiger partial charge is 0.127 e. The molecule has 2 nitrogen and oxygen atoms in total. The van der Waals surface area contributed by atoms with Crippen LogP contribution in [-0.2, 0) is 13.0 Å². The molecule has 116 valence electrons. The number of benzene rings is 2. The maximum atomic E-state index is 5.73. The van der Waals surface area contributed by atoms with E-state index in [1.165, 1.54) is 22.3 Å². The fraction of sp³-hybridized carbons (Fsp3) is 0.238. The van der Waals surface area contributed by atoms with Crippen LogP contribution < -0.4 is 4.74 Å². The van der Waals surface area contributed by atoms with Crippen molar-refractivity contribution in [1.82, 2.24) is 4.90 Å². The van der Waals surface area contributed by atoms with E-state index < -0.39 is 0 Å². The quantitative estimate of drug-likeness (QED) is 0.847. The second-order valence-corrected chi connectivity index (χ2v) is 6.34. The second-order valence-electron chi connectivity index (χ2n) is 6.34. The maximum Gasteiger partial charge on any atom is 0.127 e. The predicted octanol–water partition coefficient (Wildman–Crippen LogP) is 4.08. The molecule has 0 N–H and O–H groups in total. The van der Waals surface area contributed by atoms with Crippen LogP contribution in [0.15, 0.2) is 66.8 Å². The standard InChI is InChI=1S/C21H21NO/c1-16(12-19-15-23-21-9-5-4-8-20(19)21)13-22-11-10-17-6-2-3-7-18(17)14-22/h2-9,12H,1,10-11,13-15H2/b19-12-. The minimum Gasteiger partial charge on any atom is -0.488 e. The third-order valence-corrected chi connectivity index (χ3v) is 4.63. The molecule has 0 amide bonds. The Labute approximate surface area is 137 Å². The van der Waals surface area contributed by atoms with Crippen LogP contribution in [0, 0.1) is 0 Å². The van der Waals surface area contributed by atoms with Crippen LogP contribution in [0.3, 0.4) is 0 Å². The fourth-order valence-corrected chi connectivity index (χ4v) is 3.48. The molecule has 0 bridgehead atoms. The summed E-state index contributed by atoms with van der Waals surface area (Å²) in [6, 6.07) is 17.0. The van der Waals surface area contributed by atoms with Gasteiger partial charge in [0, 0.05) is 30.8 Å². The fourth-order valence-electron chi connectivity index (χ4n) is 3.48. The van der Waals surface area contributed by atoms with Gasteiger partial charge >= 0.3 is 0 Å². The molecule has 2 aliphatic rings. The molecule has 0 aliphatic carbocycles. The normalized spacial score (nSPS) is 18.3. The zero-order valence-corrected chi connectivity index (χ0v) is 13.3. The molecule has 4 rings (SSSR count). The molecule has 0 aromatic heterocycles. The van der Waals surface area contributed by atoms with Gasteiger partial charge in [-0.2, -0.15) is 0 Å². The van der Waals surface area contributed by atoms with Crippen LogP contribution >= 0.6 is 0 Å². The van der Waals surface area contributed by atoms with E-state index in [2.05, 4.69) is 54.0 Å². The molecule has 2 aromatic carbocycles. The molecule has 0 radical (unpaired) electrons. The molecule has 23 heavy (non-hydrogen) atoms. The molecule has 2 aromatic rings. The van der Waals surface area contributed by atoms with Crippen LogP contribution in [0.2, 0.25) is 0 Å². The highest BCUT2D eigenvalue weighted by atomic mass is 16.5. The van der Waals surface area contributed by atoms with Crippen molar-refractivity contribution >= 4 is 5.57 Å². The van der Waals surface area contributed by atoms with Gasteiger partial charge in [-0.3, -0.25) is 4.90 Å². The molecule has 0 atom stereocenters. The summed E-state index contributed by atoms with van der Waals surface area (Å²) in [4.78, 5) is 2.48. The molecule has 2 aliphatic heterocycles. The first kappa shape index (κ1) is 14.3. The second kappa shape index (κ2) is 6.05. The van der Waals surface area contributed by atoms with Crippen molar-refractivity contribution in [3.63, 3.8) is 0 Å². The third kappa shape index (κ3) is 2.95. The number of ether oxygens (including phenoxy) is 1. The molecule has 0 saturated carbocycles. The predicted molar refractivity (Wildman–Crippen MR) is 94.5 cm³/mol. The van der Waals surface area contributed by atoms with E-state index in [0.29, 0.717) is 6.61 Å². The van der Waals surface area contributed by atoms with Gasteiger partial charge in [-0.1, -0.05) is 55.1 Å². The van der Waals surface area contributed by atoms with Gasteiger partial charge in [0.1, 0.15) is 12.4 Å². The minimum absolute atomic E-state index is 0.654. The van der Waals surface area contributed by atoms with Crippen molar-refractivity contribution in [1.29, 1.82) is 0 Å². The molecule has 2 heteroatoms. The van der Waals surface area contributed by atoms with Gasteiger partial charge in [-0.15, -0.1) is 0 Å². The number of hydrogen-bond acceptors (Lipinski definition) is 2. The lowest BCUT2D eigenvalue weighted by atomic mass is 9.99. The van der Waals surface area contributed by atoms with Gasteiger partial charge in [-0.25, -0.2) is 0 Å². The van der Waals surface area contributed by atoms with Crippen LogP contribution in [0.4, 0.5) is 0 Å². The molecular weight excluding hydrogens is 282 g/mol. The first-order valence-corrected chi connectivity index (χ1v) is 8.19. The Morgan fingerprint density at radius 2 is 1.87 bits per heavy atom. The highest BCUT2D eigenvalue weighted by molar-refractivity contribution is 5.76. The third-order valence-electron chi connectivity index (χ3n) is 4.63. The van der Waals surface area contributed by atoms with E-state index in [0.717, 1.165) is 37.4 Å².